The Bertz CT molecular complexity index is 141. The second-order valence-electron chi connectivity index (χ2n) is 4.63. The van der Waals surface area contributed by atoms with Crippen LogP contribution in [0.2, 0.25) is 0 Å². The zero-order valence-electron chi connectivity index (χ0n) is 6.80. The van der Waals surface area contributed by atoms with Crippen molar-refractivity contribution in [2.24, 2.45) is 17.3 Å². The van der Waals surface area contributed by atoms with E-state index in [9.17, 15) is 5.11 Å². The highest BCUT2D eigenvalue weighted by atomic mass is 16.3. The number of hydrogen-bond donors (Lipinski definition) is 1. The average molecular weight is 140 g/mol. The first-order valence-corrected chi connectivity index (χ1v) is 4.29. The number of rotatable bonds is 0. The van der Waals surface area contributed by atoms with Gasteiger partial charge < -0.3 is 5.11 Å². The zero-order valence-corrected chi connectivity index (χ0v) is 6.80. The van der Waals surface area contributed by atoms with Crippen molar-refractivity contribution in [3.8, 4) is 0 Å². The summed E-state index contributed by atoms with van der Waals surface area (Å²) in [6, 6.07) is 0. The molecule has 2 fully saturated rings. The van der Waals surface area contributed by atoms with E-state index in [1.807, 2.05) is 0 Å². The molecule has 0 aromatic carbocycles. The summed E-state index contributed by atoms with van der Waals surface area (Å²) in [5.41, 5.74) is 0.503. The van der Waals surface area contributed by atoms with Crippen LogP contribution >= 0.6 is 0 Å². The van der Waals surface area contributed by atoms with Crippen molar-refractivity contribution in [1.82, 2.24) is 0 Å². The maximum absolute atomic E-state index is 9.55. The molecule has 1 heteroatoms. The fourth-order valence-electron chi connectivity index (χ4n) is 3.12. The molecule has 0 amide bonds. The molecule has 2 aliphatic rings. The van der Waals surface area contributed by atoms with Gasteiger partial charge in [-0.05, 0) is 36.5 Å². The van der Waals surface area contributed by atoms with Gasteiger partial charge in [0.15, 0.2) is 0 Å². The van der Waals surface area contributed by atoms with Gasteiger partial charge in [0, 0.05) is 0 Å². The van der Waals surface area contributed by atoms with Crippen LogP contribution in [0.3, 0.4) is 0 Å². The summed E-state index contributed by atoms with van der Waals surface area (Å²) in [5, 5.41) is 9.55. The van der Waals surface area contributed by atoms with E-state index in [1.165, 1.54) is 12.8 Å². The number of aliphatic hydroxyl groups is 1. The normalized spacial score (nSPS) is 59.7. The molecule has 0 heterocycles. The van der Waals surface area contributed by atoms with E-state index in [0.717, 1.165) is 12.3 Å². The maximum atomic E-state index is 9.55. The van der Waals surface area contributed by atoms with Crippen LogP contribution in [0.4, 0.5) is 0 Å². The number of aliphatic hydroxyl groups excluding tert-OH is 1. The predicted molar refractivity (Wildman–Crippen MR) is 40.6 cm³/mol. The van der Waals surface area contributed by atoms with Crippen molar-refractivity contribution in [1.29, 1.82) is 0 Å². The summed E-state index contributed by atoms with van der Waals surface area (Å²) in [7, 11) is 0. The smallest absolute Gasteiger partial charge is 0.0576 e. The Morgan fingerprint density at radius 3 is 2.30 bits per heavy atom. The standard InChI is InChI=1S/C9H16O/c1-6-3-9(2)4-7(6)8(10)5-9/h6-8,10H,3-5H2,1-2H3/t6-,7?,8?,9?/m1/s1. The molecule has 4 atom stereocenters. The lowest BCUT2D eigenvalue weighted by molar-refractivity contribution is 0.0721. The van der Waals surface area contributed by atoms with Crippen LogP contribution in [-0.4, -0.2) is 11.2 Å². The Hall–Kier alpha value is -0.0400. The SMILES string of the molecule is C[C@@H]1CC2(C)CC(O)C1C2. The molecule has 0 radical (unpaired) electrons. The molecule has 2 saturated carbocycles. The first kappa shape index (κ1) is 6.66. The number of hydrogen-bond acceptors (Lipinski definition) is 1. The summed E-state index contributed by atoms with van der Waals surface area (Å²) >= 11 is 0. The molecule has 1 nitrogen and oxygen atoms in total. The third-order valence-corrected chi connectivity index (χ3v) is 3.47. The Labute approximate surface area is 62.4 Å². The molecule has 0 aromatic rings. The van der Waals surface area contributed by atoms with Gasteiger partial charge in [-0.2, -0.15) is 0 Å². The lowest BCUT2D eigenvalue weighted by Crippen LogP contribution is -2.25. The van der Waals surface area contributed by atoms with Crippen molar-refractivity contribution in [3.63, 3.8) is 0 Å². The Morgan fingerprint density at radius 1 is 1.30 bits per heavy atom. The lowest BCUT2D eigenvalue weighted by atomic mass is 9.81. The van der Waals surface area contributed by atoms with Crippen molar-refractivity contribution in [2.75, 3.05) is 0 Å². The van der Waals surface area contributed by atoms with Crippen LogP contribution in [0.5, 0.6) is 0 Å². The first-order chi connectivity index (χ1) is 4.61. The monoisotopic (exact) mass is 140 g/mol. The minimum absolute atomic E-state index is 0.0220. The molecule has 2 aliphatic carbocycles. The second kappa shape index (κ2) is 1.76. The molecule has 1 N–H and O–H groups in total. The fourth-order valence-corrected chi connectivity index (χ4v) is 3.12. The molecule has 10 heavy (non-hydrogen) atoms. The molecule has 0 aliphatic heterocycles. The highest BCUT2D eigenvalue weighted by Gasteiger charge is 2.50. The van der Waals surface area contributed by atoms with Crippen LogP contribution in [0, 0.1) is 17.3 Å². The highest BCUT2D eigenvalue weighted by molar-refractivity contribution is 5.00. The van der Waals surface area contributed by atoms with E-state index in [-0.39, 0.29) is 6.10 Å². The fraction of sp³-hybridized carbons (Fsp3) is 1.00. The quantitative estimate of drug-likeness (QED) is 0.544. The largest absolute Gasteiger partial charge is 0.393 e. The van der Waals surface area contributed by atoms with Crippen LogP contribution in [-0.2, 0) is 0 Å². The van der Waals surface area contributed by atoms with Gasteiger partial charge >= 0.3 is 0 Å². The van der Waals surface area contributed by atoms with E-state index in [2.05, 4.69) is 13.8 Å². The summed E-state index contributed by atoms with van der Waals surface area (Å²) in [5.74, 6) is 1.40. The van der Waals surface area contributed by atoms with Gasteiger partial charge in [0.05, 0.1) is 6.10 Å². The molecular formula is C9H16O. The molecule has 0 spiro atoms. The summed E-state index contributed by atoms with van der Waals surface area (Å²) < 4.78 is 0. The third kappa shape index (κ3) is 0.731. The van der Waals surface area contributed by atoms with E-state index in [1.54, 1.807) is 0 Å². The van der Waals surface area contributed by atoms with Gasteiger partial charge in [0.25, 0.3) is 0 Å². The van der Waals surface area contributed by atoms with Gasteiger partial charge in [0.2, 0.25) is 0 Å². The van der Waals surface area contributed by atoms with Gasteiger partial charge in [-0.1, -0.05) is 13.8 Å². The van der Waals surface area contributed by atoms with Crippen molar-refractivity contribution in [2.45, 2.75) is 39.2 Å². The molecule has 0 aromatic heterocycles. The maximum Gasteiger partial charge on any atom is 0.0576 e. The minimum Gasteiger partial charge on any atom is -0.393 e. The lowest BCUT2D eigenvalue weighted by Gasteiger charge is -2.27. The molecule has 3 unspecified atom stereocenters. The molecule has 2 rings (SSSR count). The predicted octanol–water partition coefficient (Wildman–Crippen LogP) is 1.80. The average Bonchev–Trinajstić information content (AvgIpc) is 2.17. The molecule has 0 saturated heterocycles. The Kier molecular flexibility index (Phi) is 1.17. The first-order valence-electron chi connectivity index (χ1n) is 4.29. The van der Waals surface area contributed by atoms with Crippen molar-refractivity contribution in [3.05, 3.63) is 0 Å². The van der Waals surface area contributed by atoms with Gasteiger partial charge in [-0.25, -0.2) is 0 Å². The van der Waals surface area contributed by atoms with Crippen LogP contribution in [0.1, 0.15) is 33.1 Å². The van der Waals surface area contributed by atoms with Crippen LogP contribution in [0.15, 0.2) is 0 Å². The Morgan fingerprint density at radius 2 is 2.00 bits per heavy atom. The van der Waals surface area contributed by atoms with E-state index >= 15 is 0 Å². The molecular weight excluding hydrogens is 124 g/mol. The van der Waals surface area contributed by atoms with Gasteiger partial charge in [-0.3, -0.25) is 0 Å². The van der Waals surface area contributed by atoms with Crippen LogP contribution < -0.4 is 0 Å². The summed E-state index contributed by atoms with van der Waals surface area (Å²) in [6.07, 6.45) is 3.69. The third-order valence-electron chi connectivity index (χ3n) is 3.47. The zero-order chi connectivity index (χ0) is 7.35. The number of fused-ring (bicyclic) bond motifs is 2. The minimum atomic E-state index is 0.0220. The topological polar surface area (TPSA) is 20.2 Å². The summed E-state index contributed by atoms with van der Waals surface area (Å²) in [6.45, 7) is 4.60. The Balaban J connectivity index is 2.21. The van der Waals surface area contributed by atoms with E-state index in [0.29, 0.717) is 11.3 Å². The van der Waals surface area contributed by atoms with E-state index in [4.69, 9.17) is 0 Å². The van der Waals surface area contributed by atoms with Gasteiger partial charge in [0.1, 0.15) is 0 Å². The van der Waals surface area contributed by atoms with Gasteiger partial charge in [-0.15, -0.1) is 0 Å². The summed E-state index contributed by atoms with van der Waals surface area (Å²) in [4.78, 5) is 0. The van der Waals surface area contributed by atoms with Crippen molar-refractivity contribution >= 4 is 0 Å². The highest BCUT2D eigenvalue weighted by Crippen LogP contribution is 2.56. The van der Waals surface area contributed by atoms with E-state index < -0.39 is 0 Å². The van der Waals surface area contributed by atoms with Crippen LogP contribution in [0.25, 0.3) is 0 Å². The molecule has 2 bridgehead atoms. The molecule has 58 valence electrons. The van der Waals surface area contributed by atoms with Crippen molar-refractivity contribution < 1.29 is 5.11 Å². The second-order valence-corrected chi connectivity index (χ2v) is 4.63.